The number of nitrogens with zero attached hydrogens (tertiary/aromatic N) is 1. The van der Waals surface area contributed by atoms with Gasteiger partial charge in [-0.25, -0.2) is 0 Å². The number of carbonyl (C=O) groups is 2. The molecule has 1 heterocycles. The minimum atomic E-state index is -0.0175. The Labute approximate surface area is 158 Å². The molecule has 2 amide bonds. The van der Waals surface area contributed by atoms with Crippen molar-refractivity contribution in [2.45, 2.75) is 32.2 Å². The number of hydrogen-bond acceptors (Lipinski definition) is 2. The summed E-state index contributed by atoms with van der Waals surface area (Å²) in [6, 6.07) is 13.1. The van der Waals surface area contributed by atoms with E-state index in [4.69, 9.17) is 11.6 Å². The van der Waals surface area contributed by atoms with Crippen LogP contribution in [-0.4, -0.2) is 18.4 Å². The lowest BCUT2D eigenvalue weighted by atomic mass is 9.85. The Morgan fingerprint density at radius 2 is 1.88 bits per heavy atom. The number of rotatable bonds is 4. The highest BCUT2D eigenvalue weighted by atomic mass is 35.5. The van der Waals surface area contributed by atoms with Gasteiger partial charge in [0.25, 0.3) is 5.91 Å². The van der Waals surface area contributed by atoms with Gasteiger partial charge < -0.3 is 10.2 Å². The number of carbonyl (C=O) groups excluding carboxylic acids is 2. The van der Waals surface area contributed by atoms with Gasteiger partial charge in [-0.1, -0.05) is 30.2 Å². The zero-order chi connectivity index (χ0) is 18.1. The SMILES string of the molecule is O=C(NCc1ccc2c(c1)N(C(=O)c1ccc(Cl)cc1)CC2)C1CCC1. The first kappa shape index (κ1) is 17.1. The van der Waals surface area contributed by atoms with Gasteiger partial charge in [-0.05, 0) is 60.7 Å². The molecule has 0 unspecified atom stereocenters. The normalized spacial score (nSPS) is 16.1. The van der Waals surface area contributed by atoms with Gasteiger partial charge in [0, 0.05) is 35.3 Å². The van der Waals surface area contributed by atoms with Crippen LogP contribution in [-0.2, 0) is 17.8 Å². The second kappa shape index (κ2) is 7.12. The molecule has 1 fully saturated rings. The zero-order valence-electron chi connectivity index (χ0n) is 14.5. The van der Waals surface area contributed by atoms with Crippen molar-refractivity contribution in [2.75, 3.05) is 11.4 Å². The molecule has 1 aliphatic carbocycles. The van der Waals surface area contributed by atoms with E-state index < -0.39 is 0 Å². The maximum Gasteiger partial charge on any atom is 0.258 e. The Balaban J connectivity index is 1.49. The maximum atomic E-state index is 12.8. The van der Waals surface area contributed by atoms with Crippen molar-refractivity contribution in [1.29, 1.82) is 0 Å². The molecule has 4 nitrogen and oxygen atoms in total. The minimum absolute atomic E-state index is 0.0175. The van der Waals surface area contributed by atoms with Crippen molar-refractivity contribution in [1.82, 2.24) is 5.32 Å². The number of amides is 2. The second-order valence-corrected chi connectivity index (χ2v) is 7.46. The van der Waals surface area contributed by atoms with Crippen LogP contribution in [0.15, 0.2) is 42.5 Å². The molecule has 0 saturated heterocycles. The van der Waals surface area contributed by atoms with Gasteiger partial charge in [-0.15, -0.1) is 0 Å². The molecule has 2 aromatic carbocycles. The van der Waals surface area contributed by atoms with Crippen LogP contribution in [0.3, 0.4) is 0 Å². The fraction of sp³-hybridized carbons (Fsp3) is 0.333. The van der Waals surface area contributed by atoms with Crippen LogP contribution >= 0.6 is 11.6 Å². The van der Waals surface area contributed by atoms with Crippen LogP contribution in [0.2, 0.25) is 5.02 Å². The van der Waals surface area contributed by atoms with Gasteiger partial charge in [0.2, 0.25) is 5.91 Å². The third-order valence-electron chi connectivity index (χ3n) is 5.32. The summed E-state index contributed by atoms with van der Waals surface area (Å²) in [5.41, 5.74) is 3.76. The van der Waals surface area contributed by atoms with Crippen LogP contribution < -0.4 is 10.2 Å². The number of halogens is 1. The Morgan fingerprint density at radius 3 is 2.58 bits per heavy atom. The number of anilines is 1. The van der Waals surface area contributed by atoms with E-state index in [1.54, 1.807) is 24.3 Å². The summed E-state index contributed by atoms with van der Waals surface area (Å²) in [7, 11) is 0. The summed E-state index contributed by atoms with van der Waals surface area (Å²) in [6.07, 6.45) is 4.00. The number of hydrogen-bond donors (Lipinski definition) is 1. The Morgan fingerprint density at radius 1 is 1.12 bits per heavy atom. The standard InChI is InChI=1S/C21H21ClN2O2/c22-18-8-6-17(7-9-18)21(26)24-11-10-15-5-4-14(12-19(15)24)13-23-20(25)16-2-1-3-16/h4-9,12,16H,1-3,10-11,13H2,(H,23,25). The Kier molecular flexibility index (Phi) is 4.68. The van der Waals surface area contributed by atoms with E-state index in [9.17, 15) is 9.59 Å². The number of benzene rings is 2. The van der Waals surface area contributed by atoms with Crippen LogP contribution in [0.5, 0.6) is 0 Å². The van der Waals surface area contributed by atoms with Gasteiger partial charge in [0.05, 0.1) is 0 Å². The first-order chi connectivity index (χ1) is 12.6. The summed E-state index contributed by atoms with van der Waals surface area (Å²) >= 11 is 5.92. The van der Waals surface area contributed by atoms with Crippen LogP contribution in [0.25, 0.3) is 0 Å². The average molecular weight is 369 g/mol. The van der Waals surface area contributed by atoms with Crippen molar-refractivity contribution in [3.63, 3.8) is 0 Å². The second-order valence-electron chi connectivity index (χ2n) is 7.02. The number of fused-ring (bicyclic) bond motifs is 1. The average Bonchev–Trinajstić information content (AvgIpc) is 3.01. The van der Waals surface area contributed by atoms with Crippen LogP contribution in [0.1, 0.15) is 40.7 Å². The van der Waals surface area contributed by atoms with Crippen molar-refractivity contribution in [3.8, 4) is 0 Å². The highest BCUT2D eigenvalue weighted by Gasteiger charge is 2.27. The molecule has 0 radical (unpaired) electrons. The zero-order valence-corrected chi connectivity index (χ0v) is 15.3. The smallest absolute Gasteiger partial charge is 0.258 e. The third kappa shape index (κ3) is 3.34. The topological polar surface area (TPSA) is 49.4 Å². The summed E-state index contributed by atoms with van der Waals surface area (Å²) in [6.45, 7) is 1.18. The maximum absolute atomic E-state index is 12.8. The van der Waals surface area contributed by atoms with E-state index in [1.165, 1.54) is 5.56 Å². The first-order valence-corrected chi connectivity index (χ1v) is 9.46. The first-order valence-electron chi connectivity index (χ1n) is 9.09. The molecule has 0 aromatic heterocycles. The lowest BCUT2D eigenvalue weighted by Crippen LogP contribution is -2.34. The highest BCUT2D eigenvalue weighted by Crippen LogP contribution is 2.31. The third-order valence-corrected chi connectivity index (χ3v) is 5.58. The molecular formula is C21H21ClN2O2. The van der Waals surface area contributed by atoms with Gasteiger partial charge in [0.15, 0.2) is 0 Å². The van der Waals surface area contributed by atoms with E-state index in [0.717, 1.165) is 36.9 Å². The van der Waals surface area contributed by atoms with Crippen molar-refractivity contribution in [3.05, 3.63) is 64.2 Å². The summed E-state index contributed by atoms with van der Waals surface area (Å²) in [5, 5.41) is 3.64. The predicted molar refractivity (Wildman–Crippen MR) is 102 cm³/mol. The fourth-order valence-electron chi connectivity index (χ4n) is 3.50. The molecule has 26 heavy (non-hydrogen) atoms. The number of nitrogens with one attached hydrogen (secondary N) is 1. The van der Waals surface area contributed by atoms with E-state index in [0.29, 0.717) is 23.7 Å². The van der Waals surface area contributed by atoms with Crippen molar-refractivity contribution >= 4 is 29.1 Å². The molecule has 134 valence electrons. The fourth-order valence-corrected chi connectivity index (χ4v) is 3.62. The molecule has 5 heteroatoms. The van der Waals surface area contributed by atoms with E-state index in [-0.39, 0.29) is 17.7 Å². The lowest BCUT2D eigenvalue weighted by molar-refractivity contribution is -0.127. The Hall–Kier alpha value is -2.33. The molecule has 4 rings (SSSR count). The van der Waals surface area contributed by atoms with Gasteiger partial charge in [-0.2, -0.15) is 0 Å². The minimum Gasteiger partial charge on any atom is -0.352 e. The molecule has 1 aliphatic heterocycles. The van der Waals surface area contributed by atoms with E-state index >= 15 is 0 Å². The predicted octanol–water partition coefficient (Wildman–Crippen LogP) is 3.96. The lowest BCUT2D eigenvalue weighted by Gasteiger charge is -2.24. The molecular weight excluding hydrogens is 348 g/mol. The Bertz CT molecular complexity index is 844. The van der Waals surface area contributed by atoms with Gasteiger partial charge >= 0.3 is 0 Å². The van der Waals surface area contributed by atoms with Gasteiger partial charge in [-0.3, -0.25) is 9.59 Å². The van der Waals surface area contributed by atoms with Crippen LogP contribution in [0, 0.1) is 5.92 Å². The van der Waals surface area contributed by atoms with Crippen molar-refractivity contribution < 1.29 is 9.59 Å². The largest absolute Gasteiger partial charge is 0.352 e. The van der Waals surface area contributed by atoms with E-state index in [1.807, 2.05) is 17.0 Å². The molecule has 2 aromatic rings. The van der Waals surface area contributed by atoms with Crippen molar-refractivity contribution in [2.24, 2.45) is 5.92 Å². The molecule has 0 atom stereocenters. The molecule has 0 bridgehead atoms. The summed E-state index contributed by atoms with van der Waals surface area (Å²) < 4.78 is 0. The molecule has 2 aliphatic rings. The van der Waals surface area contributed by atoms with Gasteiger partial charge in [0.1, 0.15) is 0 Å². The quantitative estimate of drug-likeness (QED) is 0.888. The molecule has 1 saturated carbocycles. The van der Waals surface area contributed by atoms with Crippen LogP contribution in [0.4, 0.5) is 5.69 Å². The summed E-state index contributed by atoms with van der Waals surface area (Å²) in [4.78, 5) is 26.7. The van der Waals surface area contributed by atoms with E-state index in [2.05, 4.69) is 11.4 Å². The highest BCUT2D eigenvalue weighted by molar-refractivity contribution is 6.30. The monoisotopic (exact) mass is 368 g/mol. The molecule has 0 spiro atoms. The molecule has 1 N–H and O–H groups in total. The summed E-state index contributed by atoms with van der Waals surface area (Å²) in [5.74, 6) is 0.314.